The van der Waals surface area contributed by atoms with E-state index in [1.165, 1.54) is 0 Å². The number of hydrogen-bond donors (Lipinski definition) is 2. The van der Waals surface area contributed by atoms with E-state index in [1.54, 1.807) is 0 Å². The van der Waals surface area contributed by atoms with Gasteiger partial charge in [-0.25, -0.2) is 0 Å². The topological polar surface area (TPSA) is 50.4 Å². The number of piperidine rings is 1. The molecule has 2 heterocycles. The summed E-state index contributed by atoms with van der Waals surface area (Å²) in [4.78, 5) is 12.1. The third-order valence-electron chi connectivity index (χ3n) is 3.92. The van der Waals surface area contributed by atoms with Crippen molar-refractivity contribution in [2.24, 2.45) is 5.92 Å². The second-order valence-corrected chi connectivity index (χ2v) is 5.43. The molecule has 0 saturated carbocycles. The number of rotatable bonds is 3. The first kappa shape index (κ1) is 12.8. The van der Waals surface area contributed by atoms with E-state index >= 15 is 0 Å². The summed E-state index contributed by atoms with van der Waals surface area (Å²) in [5, 5.41) is 6.47. The first-order valence-corrected chi connectivity index (χ1v) is 6.82. The average molecular weight is 240 g/mol. The third kappa shape index (κ3) is 3.42. The molecule has 0 bridgehead atoms. The van der Waals surface area contributed by atoms with Gasteiger partial charge in [-0.3, -0.25) is 4.79 Å². The molecule has 4 nitrogen and oxygen atoms in total. The van der Waals surface area contributed by atoms with Crippen molar-refractivity contribution in [1.82, 2.24) is 10.6 Å². The van der Waals surface area contributed by atoms with Crippen molar-refractivity contribution in [3.63, 3.8) is 0 Å². The van der Waals surface area contributed by atoms with Gasteiger partial charge in [0.2, 0.25) is 5.91 Å². The van der Waals surface area contributed by atoms with Gasteiger partial charge in [-0.2, -0.15) is 0 Å². The van der Waals surface area contributed by atoms with Crippen LogP contribution < -0.4 is 10.6 Å². The fourth-order valence-corrected chi connectivity index (χ4v) is 2.65. The molecule has 2 rings (SSSR count). The van der Waals surface area contributed by atoms with Crippen molar-refractivity contribution >= 4 is 5.91 Å². The van der Waals surface area contributed by atoms with Gasteiger partial charge in [0.05, 0.1) is 18.1 Å². The molecule has 2 saturated heterocycles. The minimum Gasteiger partial charge on any atom is -0.376 e. The SMILES string of the molecule is CC1CCC(C(=O)NC(C)C2CCCO2)CN1. The fraction of sp³-hybridized carbons (Fsp3) is 0.923. The van der Waals surface area contributed by atoms with Crippen molar-refractivity contribution < 1.29 is 9.53 Å². The van der Waals surface area contributed by atoms with Gasteiger partial charge in [0.1, 0.15) is 0 Å². The Labute approximate surface area is 103 Å². The van der Waals surface area contributed by atoms with Gasteiger partial charge >= 0.3 is 0 Å². The summed E-state index contributed by atoms with van der Waals surface area (Å²) in [7, 11) is 0. The van der Waals surface area contributed by atoms with Crippen LogP contribution in [0.3, 0.4) is 0 Å². The van der Waals surface area contributed by atoms with Crippen molar-refractivity contribution in [1.29, 1.82) is 0 Å². The van der Waals surface area contributed by atoms with Crippen LogP contribution in [0.25, 0.3) is 0 Å². The second-order valence-electron chi connectivity index (χ2n) is 5.43. The zero-order valence-corrected chi connectivity index (χ0v) is 10.9. The first-order chi connectivity index (χ1) is 8.16. The molecule has 0 aromatic carbocycles. The molecule has 4 heteroatoms. The van der Waals surface area contributed by atoms with Crippen molar-refractivity contribution in [3.05, 3.63) is 0 Å². The monoisotopic (exact) mass is 240 g/mol. The zero-order chi connectivity index (χ0) is 12.3. The minimum absolute atomic E-state index is 0.134. The average Bonchev–Trinajstić information content (AvgIpc) is 2.83. The van der Waals surface area contributed by atoms with E-state index in [1.807, 2.05) is 6.92 Å². The molecule has 1 amide bonds. The Balaban J connectivity index is 1.76. The molecule has 0 aromatic rings. The van der Waals surface area contributed by atoms with E-state index in [4.69, 9.17) is 4.74 Å². The summed E-state index contributed by atoms with van der Waals surface area (Å²) in [5.74, 6) is 0.322. The van der Waals surface area contributed by atoms with Crippen molar-refractivity contribution in [2.75, 3.05) is 13.2 Å². The highest BCUT2D eigenvalue weighted by atomic mass is 16.5. The molecular weight excluding hydrogens is 216 g/mol. The van der Waals surface area contributed by atoms with Crippen LogP contribution in [0.2, 0.25) is 0 Å². The largest absolute Gasteiger partial charge is 0.376 e. The van der Waals surface area contributed by atoms with Crippen molar-refractivity contribution in [2.45, 2.75) is 57.7 Å². The Bertz CT molecular complexity index is 256. The normalized spacial score (nSPS) is 35.5. The molecule has 4 atom stereocenters. The Hall–Kier alpha value is -0.610. The maximum atomic E-state index is 12.1. The number of carbonyl (C=O) groups is 1. The van der Waals surface area contributed by atoms with E-state index in [9.17, 15) is 4.79 Å². The zero-order valence-electron chi connectivity index (χ0n) is 10.9. The molecular formula is C13H24N2O2. The molecule has 0 radical (unpaired) electrons. The minimum atomic E-state index is 0.134. The Morgan fingerprint density at radius 1 is 1.41 bits per heavy atom. The van der Waals surface area contributed by atoms with Crippen LogP contribution in [0.15, 0.2) is 0 Å². The Morgan fingerprint density at radius 2 is 2.24 bits per heavy atom. The van der Waals surface area contributed by atoms with Crippen LogP contribution in [0.4, 0.5) is 0 Å². The summed E-state index contributed by atoms with van der Waals surface area (Å²) >= 11 is 0. The molecule has 98 valence electrons. The van der Waals surface area contributed by atoms with Gasteiger partial charge in [-0.1, -0.05) is 0 Å². The molecule has 0 aliphatic carbocycles. The molecule has 2 fully saturated rings. The highest BCUT2D eigenvalue weighted by Crippen LogP contribution is 2.18. The maximum absolute atomic E-state index is 12.1. The Kier molecular flexibility index (Phi) is 4.40. The van der Waals surface area contributed by atoms with Gasteiger partial charge in [0, 0.05) is 19.2 Å². The highest BCUT2D eigenvalue weighted by Gasteiger charge is 2.28. The lowest BCUT2D eigenvalue weighted by molar-refractivity contribution is -0.127. The molecule has 17 heavy (non-hydrogen) atoms. The van der Waals surface area contributed by atoms with Gasteiger partial charge < -0.3 is 15.4 Å². The van der Waals surface area contributed by atoms with Gasteiger partial charge in [0.15, 0.2) is 0 Å². The van der Waals surface area contributed by atoms with Crippen LogP contribution in [0, 0.1) is 5.92 Å². The van der Waals surface area contributed by atoms with Crippen LogP contribution in [-0.4, -0.2) is 37.2 Å². The smallest absolute Gasteiger partial charge is 0.224 e. The van der Waals surface area contributed by atoms with Crippen LogP contribution in [0.5, 0.6) is 0 Å². The number of hydrogen-bond acceptors (Lipinski definition) is 3. The highest BCUT2D eigenvalue weighted by molar-refractivity contribution is 5.79. The fourth-order valence-electron chi connectivity index (χ4n) is 2.65. The number of carbonyl (C=O) groups excluding carboxylic acids is 1. The van der Waals surface area contributed by atoms with Crippen LogP contribution in [-0.2, 0) is 9.53 Å². The van der Waals surface area contributed by atoms with Crippen LogP contribution in [0.1, 0.15) is 39.5 Å². The molecule has 0 spiro atoms. The summed E-state index contributed by atoms with van der Waals surface area (Å²) in [6, 6.07) is 0.694. The Morgan fingerprint density at radius 3 is 2.82 bits per heavy atom. The quantitative estimate of drug-likeness (QED) is 0.775. The van der Waals surface area contributed by atoms with E-state index in [0.29, 0.717) is 6.04 Å². The third-order valence-corrected chi connectivity index (χ3v) is 3.92. The van der Waals surface area contributed by atoms with E-state index in [-0.39, 0.29) is 24.0 Å². The van der Waals surface area contributed by atoms with Gasteiger partial charge in [0.25, 0.3) is 0 Å². The predicted molar refractivity (Wildman–Crippen MR) is 66.8 cm³/mol. The number of nitrogens with one attached hydrogen (secondary N) is 2. The summed E-state index contributed by atoms with van der Waals surface area (Å²) in [5.41, 5.74) is 0. The van der Waals surface area contributed by atoms with Crippen molar-refractivity contribution in [3.8, 4) is 0 Å². The lowest BCUT2D eigenvalue weighted by Crippen LogP contribution is -2.48. The maximum Gasteiger partial charge on any atom is 0.224 e. The summed E-state index contributed by atoms with van der Waals surface area (Å²) in [6.07, 6.45) is 4.49. The summed E-state index contributed by atoms with van der Waals surface area (Å²) in [6.45, 7) is 5.87. The summed E-state index contributed by atoms with van der Waals surface area (Å²) < 4.78 is 5.59. The standard InChI is InChI=1S/C13H24N2O2/c1-9-5-6-11(8-14-9)13(16)15-10(2)12-4-3-7-17-12/h9-12,14H,3-8H2,1-2H3,(H,15,16). The predicted octanol–water partition coefficient (Wildman–Crippen LogP) is 1.06. The number of ether oxygens (including phenoxy) is 1. The first-order valence-electron chi connectivity index (χ1n) is 6.82. The second kappa shape index (κ2) is 5.83. The lowest BCUT2D eigenvalue weighted by atomic mass is 9.94. The van der Waals surface area contributed by atoms with E-state index in [2.05, 4.69) is 17.6 Å². The van der Waals surface area contributed by atoms with Gasteiger partial charge in [-0.15, -0.1) is 0 Å². The molecule has 2 N–H and O–H groups in total. The molecule has 0 aromatic heterocycles. The lowest BCUT2D eigenvalue weighted by Gasteiger charge is -2.29. The number of amides is 1. The molecule has 2 aliphatic rings. The molecule has 2 aliphatic heterocycles. The molecule has 4 unspecified atom stereocenters. The van der Waals surface area contributed by atoms with Gasteiger partial charge in [-0.05, 0) is 39.5 Å². The van der Waals surface area contributed by atoms with Crippen LogP contribution >= 0.6 is 0 Å². The van der Waals surface area contributed by atoms with E-state index < -0.39 is 0 Å². The van der Waals surface area contributed by atoms with E-state index in [0.717, 1.165) is 38.8 Å².